The van der Waals surface area contributed by atoms with Gasteiger partial charge in [0.15, 0.2) is 0 Å². The molecular formula is C27H35SiZn-. The average molecular weight is 453 g/mol. The van der Waals surface area contributed by atoms with Crippen LogP contribution in [0.15, 0.2) is 54.6 Å². The topological polar surface area (TPSA) is 0 Å². The van der Waals surface area contributed by atoms with Crippen LogP contribution in [-0.2, 0) is 25.9 Å². The summed E-state index contributed by atoms with van der Waals surface area (Å²) >= 11 is 0. The van der Waals surface area contributed by atoms with Gasteiger partial charge in [-0.1, -0.05) is 86.9 Å². The molecular weight excluding hydrogens is 418 g/mol. The van der Waals surface area contributed by atoms with E-state index < -0.39 is 8.07 Å². The van der Waals surface area contributed by atoms with Gasteiger partial charge in [0.2, 0.25) is 0 Å². The SMILES string of the molecule is CCCC1(Cc2cc3c(-c4ccc([Si](C)(C)C)cc4)cccc3[cH-]2)CCCC1.[Zn]. The Bertz CT molecular complexity index is 937. The molecule has 0 unspecified atom stereocenters. The maximum atomic E-state index is 2.49. The summed E-state index contributed by atoms with van der Waals surface area (Å²) in [6.07, 6.45) is 9.67. The average Bonchev–Trinajstić information content (AvgIpc) is 3.28. The van der Waals surface area contributed by atoms with E-state index in [-0.39, 0.29) is 19.5 Å². The number of fused-ring (bicyclic) bond motifs is 1. The first-order valence-electron chi connectivity index (χ1n) is 11.2. The fraction of sp³-hybridized carbons (Fsp3) is 0.444. The molecule has 29 heavy (non-hydrogen) atoms. The summed E-state index contributed by atoms with van der Waals surface area (Å²) in [7, 11) is -1.24. The molecule has 0 atom stereocenters. The van der Waals surface area contributed by atoms with Gasteiger partial charge in [0.25, 0.3) is 0 Å². The molecule has 1 saturated carbocycles. The van der Waals surface area contributed by atoms with Crippen molar-refractivity contribution in [3.63, 3.8) is 0 Å². The van der Waals surface area contributed by atoms with Gasteiger partial charge in [-0.3, -0.25) is 0 Å². The summed E-state index contributed by atoms with van der Waals surface area (Å²) in [4.78, 5) is 0. The molecule has 0 bridgehead atoms. The van der Waals surface area contributed by atoms with Crippen molar-refractivity contribution in [3.8, 4) is 11.1 Å². The summed E-state index contributed by atoms with van der Waals surface area (Å²) in [5.41, 5.74) is 4.87. The molecule has 1 fully saturated rings. The molecule has 1 aliphatic rings. The number of hydrogen-bond donors (Lipinski definition) is 0. The molecule has 0 amide bonds. The quantitative estimate of drug-likeness (QED) is 0.266. The summed E-state index contributed by atoms with van der Waals surface area (Å²) in [5.74, 6) is 0. The van der Waals surface area contributed by atoms with Gasteiger partial charge in [0.1, 0.15) is 0 Å². The van der Waals surface area contributed by atoms with E-state index in [0.29, 0.717) is 5.41 Å². The van der Waals surface area contributed by atoms with E-state index in [0.717, 1.165) is 0 Å². The molecule has 0 spiro atoms. The Balaban J connectivity index is 0.00000240. The minimum absolute atomic E-state index is 0. The largest absolute Gasteiger partial charge is 0.164 e. The van der Waals surface area contributed by atoms with E-state index in [2.05, 4.69) is 81.2 Å². The summed E-state index contributed by atoms with van der Waals surface area (Å²) in [6.45, 7) is 9.61. The van der Waals surface area contributed by atoms with E-state index in [4.69, 9.17) is 0 Å². The van der Waals surface area contributed by atoms with Gasteiger partial charge >= 0.3 is 0 Å². The maximum Gasteiger partial charge on any atom is 0.0775 e. The Morgan fingerprint density at radius 1 is 0.966 bits per heavy atom. The second-order valence-electron chi connectivity index (χ2n) is 10.1. The van der Waals surface area contributed by atoms with Gasteiger partial charge in [-0.2, -0.15) is 6.07 Å². The molecule has 0 saturated heterocycles. The van der Waals surface area contributed by atoms with E-state index in [1.54, 1.807) is 5.56 Å². The van der Waals surface area contributed by atoms with Crippen molar-refractivity contribution in [2.75, 3.05) is 0 Å². The molecule has 1 aliphatic carbocycles. The van der Waals surface area contributed by atoms with Gasteiger partial charge < -0.3 is 0 Å². The molecule has 0 radical (unpaired) electrons. The molecule has 0 N–H and O–H groups in total. The van der Waals surface area contributed by atoms with Crippen LogP contribution in [0.25, 0.3) is 21.9 Å². The van der Waals surface area contributed by atoms with Crippen molar-refractivity contribution in [2.45, 2.75) is 71.5 Å². The Morgan fingerprint density at radius 2 is 1.66 bits per heavy atom. The first-order chi connectivity index (χ1) is 13.4. The van der Waals surface area contributed by atoms with E-state index in [1.165, 1.54) is 72.0 Å². The molecule has 0 heterocycles. The summed E-state index contributed by atoms with van der Waals surface area (Å²) < 4.78 is 0. The molecule has 0 aliphatic heterocycles. The maximum absolute atomic E-state index is 2.49. The molecule has 150 valence electrons. The molecule has 2 heteroatoms. The van der Waals surface area contributed by atoms with Crippen LogP contribution in [0.2, 0.25) is 19.6 Å². The van der Waals surface area contributed by atoms with Crippen molar-refractivity contribution in [1.29, 1.82) is 0 Å². The third kappa shape index (κ3) is 4.80. The third-order valence-corrected chi connectivity index (χ3v) is 8.96. The third-order valence-electron chi connectivity index (χ3n) is 6.90. The Morgan fingerprint density at radius 3 is 2.28 bits per heavy atom. The van der Waals surface area contributed by atoms with E-state index >= 15 is 0 Å². The van der Waals surface area contributed by atoms with Crippen molar-refractivity contribution >= 4 is 24.0 Å². The predicted octanol–water partition coefficient (Wildman–Crippen LogP) is 7.67. The first-order valence-corrected chi connectivity index (χ1v) is 14.7. The molecule has 0 nitrogen and oxygen atoms in total. The molecule has 4 rings (SSSR count). The van der Waals surface area contributed by atoms with Gasteiger partial charge in [-0.25, -0.2) is 0 Å². The molecule has 3 aromatic carbocycles. The van der Waals surface area contributed by atoms with Gasteiger partial charge in [-0.15, -0.1) is 34.5 Å². The van der Waals surface area contributed by atoms with Gasteiger partial charge in [0, 0.05) is 19.5 Å². The van der Waals surface area contributed by atoms with E-state index in [1.807, 2.05) is 0 Å². The summed E-state index contributed by atoms with van der Waals surface area (Å²) in [6, 6.07) is 21.2. The zero-order valence-electron chi connectivity index (χ0n) is 18.9. The Hall–Kier alpha value is -1.11. The van der Waals surface area contributed by atoms with Crippen LogP contribution in [0.3, 0.4) is 0 Å². The van der Waals surface area contributed by atoms with Crippen LogP contribution in [-0.4, -0.2) is 8.07 Å². The Labute approximate surface area is 191 Å². The number of hydrogen-bond acceptors (Lipinski definition) is 0. The van der Waals surface area contributed by atoms with Crippen LogP contribution >= 0.6 is 0 Å². The van der Waals surface area contributed by atoms with E-state index in [9.17, 15) is 0 Å². The van der Waals surface area contributed by atoms with Gasteiger partial charge in [0.05, 0.1) is 8.07 Å². The fourth-order valence-corrected chi connectivity index (χ4v) is 6.57. The smallest absolute Gasteiger partial charge is 0.0775 e. The Kier molecular flexibility index (Phi) is 6.96. The zero-order chi connectivity index (χ0) is 19.8. The van der Waals surface area contributed by atoms with Crippen LogP contribution in [0.4, 0.5) is 0 Å². The second kappa shape index (κ2) is 8.94. The van der Waals surface area contributed by atoms with Crippen molar-refractivity contribution in [1.82, 2.24) is 0 Å². The van der Waals surface area contributed by atoms with Crippen LogP contribution in [0, 0.1) is 5.41 Å². The minimum Gasteiger partial charge on any atom is -0.164 e. The second-order valence-corrected chi connectivity index (χ2v) is 15.2. The van der Waals surface area contributed by atoms with Crippen molar-refractivity contribution < 1.29 is 19.5 Å². The minimum atomic E-state index is -1.24. The zero-order valence-corrected chi connectivity index (χ0v) is 22.8. The summed E-state index contributed by atoms with van der Waals surface area (Å²) in [5, 5.41) is 4.38. The number of benzene rings is 2. The first kappa shape index (κ1) is 22.6. The fourth-order valence-electron chi connectivity index (χ4n) is 5.40. The van der Waals surface area contributed by atoms with Crippen molar-refractivity contribution in [2.24, 2.45) is 5.41 Å². The van der Waals surface area contributed by atoms with Crippen LogP contribution in [0.1, 0.15) is 51.0 Å². The number of rotatable bonds is 6. The standard InChI is InChI=1S/C27H35Si.Zn/c1-5-15-27(16-6-7-17-27)20-21-18-23-9-8-10-25(26(23)19-21)22-11-13-24(14-12-22)28(2,3)4;/h8-14,18-19H,5-7,15-17,20H2,1-4H3;/q-1;. The molecule has 3 aromatic rings. The molecule has 0 aromatic heterocycles. The predicted molar refractivity (Wildman–Crippen MR) is 127 cm³/mol. The van der Waals surface area contributed by atoms with Gasteiger partial charge in [-0.05, 0) is 36.7 Å². The monoisotopic (exact) mass is 451 g/mol. The van der Waals surface area contributed by atoms with Crippen molar-refractivity contribution in [3.05, 3.63) is 60.2 Å². The van der Waals surface area contributed by atoms with Crippen LogP contribution < -0.4 is 5.19 Å². The normalized spacial score (nSPS) is 16.1. The van der Waals surface area contributed by atoms with Crippen LogP contribution in [0.5, 0.6) is 0 Å².